The first-order valence-corrected chi connectivity index (χ1v) is 10.3. The highest BCUT2D eigenvalue weighted by atomic mass is 32.1. The third-order valence-corrected chi connectivity index (χ3v) is 6.12. The Bertz CT molecular complexity index is 757. The Kier molecular flexibility index (Phi) is 5.74. The van der Waals surface area contributed by atoms with Crippen molar-refractivity contribution in [3.05, 3.63) is 54.1 Å². The SMILES string of the molecule is COCCCN1C(=S)N[C@H](c2ccccn2)[C@H]1c1ccn(C2CCCC2)c1. The van der Waals surface area contributed by atoms with Gasteiger partial charge in [-0.2, -0.15) is 0 Å². The fourth-order valence-electron chi connectivity index (χ4n) is 4.42. The van der Waals surface area contributed by atoms with Gasteiger partial charge in [-0.05, 0) is 55.2 Å². The monoisotopic (exact) mass is 384 g/mol. The third kappa shape index (κ3) is 3.87. The third-order valence-electron chi connectivity index (χ3n) is 5.77. The van der Waals surface area contributed by atoms with E-state index < -0.39 is 0 Å². The zero-order valence-electron chi connectivity index (χ0n) is 15.9. The molecule has 0 bridgehead atoms. The largest absolute Gasteiger partial charge is 0.385 e. The van der Waals surface area contributed by atoms with E-state index in [1.807, 2.05) is 18.3 Å². The number of pyridine rings is 1. The molecule has 2 atom stereocenters. The second kappa shape index (κ2) is 8.40. The Labute approximate surface area is 166 Å². The second-order valence-electron chi connectivity index (χ2n) is 7.50. The van der Waals surface area contributed by atoms with Crippen LogP contribution in [-0.2, 0) is 4.74 Å². The first kappa shape index (κ1) is 18.4. The lowest BCUT2D eigenvalue weighted by molar-refractivity contribution is 0.180. The molecule has 1 aliphatic carbocycles. The molecule has 4 rings (SSSR count). The molecule has 27 heavy (non-hydrogen) atoms. The molecule has 6 heteroatoms. The molecular weight excluding hydrogens is 356 g/mol. The van der Waals surface area contributed by atoms with Crippen LogP contribution < -0.4 is 5.32 Å². The van der Waals surface area contributed by atoms with Crippen molar-refractivity contribution in [3.63, 3.8) is 0 Å². The van der Waals surface area contributed by atoms with Gasteiger partial charge in [0.25, 0.3) is 0 Å². The summed E-state index contributed by atoms with van der Waals surface area (Å²) in [4.78, 5) is 6.91. The number of thiocarbonyl (C=S) groups is 1. The normalized spacial score (nSPS) is 23.1. The Hall–Kier alpha value is -1.92. The van der Waals surface area contributed by atoms with Crippen molar-refractivity contribution < 1.29 is 4.74 Å². The van der Waals surface area contributed by atoms with Crippen LogP contribution in [0.4, 0.5) is 0 Å². The standard InChI is InChI=1S/C21H28N4OS/c1-26-14-6-12-25-20(16-10-13-24(15-16)17-7-2-3-8-17)19(23-21(25)27)18-9-4-5-11-22-18/h4-5,9-11,13,15,17,19-20H,2-3,6-8,12,14H2,1H3,(H,23,27)/t19-,20-/m1/s1. The topological polar surface area (TPSA) is 42.3 Å². The van der Waals surface area contributed by atoms with Gasteiger partial charge in [-0.15, -0.1) is 0 Å². The first-order chi connectivity index (χ1) is 13.3. The Balaban J connectivity index is 1.63. The molecule has 2 aromatic heterocycles. The molecule has 2 aliphatic rings. The van der Waals surface area contributed by atoms with E-state index in [2.05, 4.69) is 44.3 Å². The van der Waals surface area contributed by atoms with E-state index in [0.717, 1.165) is 30.4 Å². The van der Waals surface area contributed by atoms with Gasteiger partial charge < -0.3 is 19.5 Å². The fraction of sp³-hybridized carbons (Fsp3) is 0.524. The van der Waals surface area contributed by atoms with Crippen molar-refractivity contribution >= 4 is 17.3 Å². The molecular formula is C21H28N4OS. The van der Waals surface area contributed by atoms with Crippen LogP contribution >= 0.6 is 12.2 Å². The van der Waals surface area contributed by atoms with Crippen LogP contribution in [0.3, 0.4) is 0 Å². The maximum Gasteiger partial charge on any atom is 0.170 e. The highest BCUT2D eigenvalue weighted by Gasteiger charge is 2.39. The van der Waals surface area contributed by atoms with Gasteiger partial charge >= 0.3 is 0 Å². The number of aromatic nitrogens is 2. The zero-order valence-corrected chi connectivity index (χ0v) is 16.7. The van der Waals surface area contributed by atoms with Crippen molar-refractivity contribution in [1.29, 1.82) is 0 Å². The van der Waals surface area contributed by atoms with Gasteiger partial charge in [-0.3, -0.25) is 4.98 Å². The van der Waals surface area contributed by atoms with Crippen molar-refractivity contribution in [2.24, 2.45) is 0 Å². The minimum atomic E-state index is 0.0701. The summed E-state index contributed by atoms with van der Waals surface area (Å²) in [7, 11) is 1.75. The second-order valence-corrected chi connectivity index (χ2v) is 7.88. The summed E-state index contributed by atoms with van der Waals surface area (Å²) in [5.74, 6) is 0. The number of hydrogen-bond donors (Lipinski definition) is 1. The smallest absolute Gasteiger partial charge is 0.170 e. The maximum atomic E-state index is 5.70. The van der Waals surface area contributed by atoms with E-state index in [9.17, 15) is 0 Å². The minimum Gasteiger partial charge on any atom is -0.385 e. The van der Waals surface area contributed by atoms with E-state index in [4.69, 9.17) is 17.0 Å². The summed E-state index contributed by atoms with van der Waals surface area (Å²) >= 11 is 5.70. The van der Waals surface area contributed by atoms with Gasteiger partial charge in [0.2, 0.25) is 0 Å². The molecule has 0 aromatic carbocycles. The molecule has 1 saturated carbocycles. The van der Waals surface area contributed by atoms with Gasteiger partial charge in [0.05, 0.1) is 17.8 Å². The van der Waals surface area contributed by atoms with Crippen LogP contribution in [0.5, 0.6) is 0 Å². The lowest BCUT2D eigenvalue weighted by atomic mass is 9.99. The molecule has 0 spiro atoms. The number of methoxy groups -OCH3 is 1. The average molecular weight is 385 g/mol. The lowest BCUT2D eigenvalue weighted by Gasteiger charge is -2.27. The van der Waals surface area contributed by atoms with E-state index in [-0.39, 0.29) is 12.1 Å². The summed E-state index contributed by atoms with van der Waals surface area (Å²) in [6.45, 7) is 1.62. The number of ether oxygens (including phenoxy) is 1. The van der Waals surface area contributed by atoms with Crippen LogP contribution in [0.15, 0.2) is 42.9 Å². The van der Waals surface area contributed by atoms with Gasteiger partial charge in [0.15, 0.2) is 5.11 Å². The lowest BCUT2D eigenvalue weighted by Crippen LogP contribution is -2.31. The van der Waals surface area contributed by atoms with Crippen molar-refractivity contribution in [2.45, 2.75) is 50.2 Å². The summed E-state index contributed by atoms with van der Waals surface area (Å²) in [6.07, 6.45) is 12.6. The molecule has 1 saturated heterocycles. The molecule has 0 amide bonds. The van der Waals surface area contributed by atoms with E-state index in [1.54, 1.807) is 7.11 Å². The average Bonchev–Trinajstić information content (AvgIpc) is 3.42. The van der Waals surface area contributed by atoms with Crippen LogP contribution in [0, 0.1) is 0 Å². The highest BCUT2D eigenvalue weighted by molar-refractivity contribution is 7.80. The number of rotatable bonds is 7. The summed E-state index contributed by atoms with van der Waals surface area (Å²) in [5, 5.41) is 4.33. The number of nitrogens with one attached hydrogen (secondary N) is 1. The van der Waals surface area contributed by atoms with Gasteiger partial charge in [0, 0.05) is 44.9 Å². The van der Waals surface area contributed by atoms with Gasteiger partial charge in [-0.1, -0.05) is 18.9 Å². The van der Waals surface area contributed by atoms with E-state index >= 15 is 0 Å². The molecule has 3 heterocycles. The number of hydrogen-bond acceptors (Lipinski definition) is 3. The summed E-state index contributed by atoms with van der Waals surface area (Å²) < 4.78 is 7.66. The van der Waals surface area contributed by atoms with Crippen molar-refractivity contribution in [1.82, 2.24) is 19.8 Å². The quantitative estimate of drug-likeness (QED) is 0.577. The van der Waals surface area contributed by atoms with Crippen LogP contribution in [0.1, 0.15) is 61.5 Å². The fourth-order valence-corrected chi connectivity index (χ4v) is 4.76. The molecule has 5 nitrogen and oxygen atoms in total. The maximum absolute atomic E-state index is 5.70. The molecule has 144 valence electrons. The Morgan fingerprint density at radius 3 is 2.85 bits per heavy atom. The van der Waals surface area contributed by atoms with Crippen LogP contribution in [0.2, 0.25) is 0 Å². The van der Waals surface area contributed by atoms with Crippen molar-refractivity contribution in [3.8, 4) is 0 Å². The van der Waals surface area contributed by atoms with Gasteiger partial charge in [-0.25, -0.2) is 0 Å². The number of nitrogens with zero attached hydrogens (tertiary/aromatic N) is 3. The van der Waals surface area contributed by atoms with Crippen molar-refractivity contribution in [2.75, 3.05) is 20.3 Å². The Morgan fingerprint density at radius 2 is 2.11 bits per heavy atom. The predicted molar refractivity (Wildman–Crippen MR) is 111 cm³/mol. The molecule has 0 unspecified atom stereocenters. The summed E-state index contributed by atoms with van der Waals surface area (Å²) in [5.41, 5.74) is 2.34. The zero-order chi connectivity index (χ0) is 18.6. The summed E-state index contributed by atoms with van der Waals surface area (Å²) in [6, 6.07) is 9.22. The molecule has 2 aromatic rings. The highest BCUT2D eigenvalue weighted by Crippen LogP contribution is 2.40. The Morgan fingerprint density at radius 1 is 1.26 bits per heavy atom. The van der Waals surface area contributed by atoms with Crippen LogP contribution in [0.25, 0.3) is 0 Å². The predicted octanol–water partition coefficient (Wildman–Crippen LogP) is 4.01. The van der Waals surface area contributed by atoms with E-state index in [1.165, 1.54) is 31.2 Å². The molecule has 1 N–H and O–H groups in total. The van der Waals surface area contributed by atoms with Gasteiger partial charge in [0.1, 0.15) is 0 Å². The molecule has 1 aliphatic heterocycles. The molecule has 0 radical (unpaired) electrons. The first-order valence-electron chi connectivity index (χ1n) is 9.92. The van der Waals surface area contributed by atoms with E-state index in [0.29, 0.717) is 6.04 Å². The minimum absolute atomic E-state index is 0.0701. The molecule has 2 fully saturated rings. The van der Waals surface area contributed by atoms with Crippen LogP contribution in [-0.4, -0.2) is 39.8 Å².